The van der Waals surface area contributed by atoms with Crippen LogP contribution in [0.3, 0.4) is 0 Å². The Morgan fingerprint density at radius 1 is 1.10 bits per heavy atom. The Kier molecular flexibility index (Phi) is 4.23. The molecule has 0 aliphatic rings. The molecule has 0 saturated carbocycles. The third-order valence-electron chi connectivity index (χ3n) is 2.43. The molecular formula is C13H12N4O3. The highest BCUT2D eigenvalue weighted by Crippen LogP contribution is 2.16. The van der Waals surface area contributed by atoms with E-state index in [0.29, 0.717) is 16.9 Å². The zero-order valence-electron chi connectivity index (χ0n) is 10.4. The van der Waals surface area contributed by atoms with E-state index >= 15 is 0 Å². The summed E-state index contributed by atoms with van der Waals surface area (Å²) in [6.45, 7) is 0. The first-order valence-corrected chi connectivity index (χ1v) is 5.78. The topological polar surface area (TPSA) is 104 Å². The van der Waals surface area contributed by atoms with Gasteiger partial charge in [0.1, 0.15) is 6.33 Å². The summed E-state index contributed by atoms with van der Waals surface area (Å²) in [6, 6.07) is 6.23. The lowest BCUT2D eigenvalue weighted by atomic mass is 10.1. The number of carbonyl (C=O) groups is 2. The zero-order chi connectivity index (χ0) is 14.4. The van der Waals surface area contributed by atoms with Crippen LogP contribution in [-0.4, -0.2) is 27.1 Å². The van der Waals surface area contributed by atoms with Crippen molar-refractivity contribution in [1.82, 2.24) is 9.97 Å². The van der Waals surface area contributed by atoms with Gasteiger partial charge in [0.05, 0.1) is 24.5 Å². The van der Waals surface area contributed by atoms with Crippen LogP contribution in [0.15, 0.2) is 43.0 Å². The molecule has 0 atom stereocenters. The monoisotopic (exact) mass is 272 g/mol. The lowest BCUT2D eigenvalue weighted by molar-refractivity contribution is -0.136. The number of amides is 2. The van der Waals surface area contributed by atoms with Gasteiger partial charge in [-0.05, 0) is 11.6 Å². The number of aliphatic carboxylic acids is 1. The number of benzene rings is 1. The summed E-state index contributed by atoms with van der Waals surface area (Å²) in [6.07, 6.45) is 4.10. The summed E-state index contributed by atoms with van der Waals surface area (Å²) in [4.78, 5) is 30.1. The lowest BCUT2D eigenvalue weighted by Crippen LogP contribution is -2.20. The first-order chi connectivity index (χ1) is 9.65. The molecule has 0 spiro atoms. The summed E-state index contributed by atoms with van der Waals surface area (Å²) >= 11 is 0. The molecule has 1 aromatic heterocycles. The van der Waals surface area contributed by atoms with Crippen molar-refractivity contribution in [2.45, 2.75) is 6.42 Å². The fraction of sp³-hybridized carbons (Fsp3) is 0.0769. The minimum absolute atomic E-state index is 0.162. The Balaban J connectivity index is 2.06. The van der Waals surface area contributed by atoms with E-state index in [2.05, 4.69) is 20.6 Å². The van der Waals surface area contributed by atoms with E-state index in [0.717, 1.165) is 0 Å². The standard InChI is InChI=1S/C13H12N4O3/c18-12(19)5-9-3-1-2-4-11(9)17-13(20)16-10-6-14-8-15-7-10/h1-4,6-8H,5H2,(H,18,19)(H2,16,17,20). The first-order valence-electron chi connectivity index (χ1n) is 5.78. The molecule has 2 aromatic rings. The van der Waals surface area contributed by atoms with Crippen LogP contribution in [0, 0.1) is 0 Å². The Bertz CT molecular complexity index is 616. The number of nitrogens with zero attached hydrogens (tertiary/aromatic N) is 2. The largest absolute Gasteiger partial charge is 0.481 e. The fourth-order valence-electron chi connectivity index (χ4n) is 1.61. The maximum Gasteiger partial charge on any atom is 0.323 e. The quantitative estimate of drug-likeness (QED) is 0.786. The number of nitrogens with one attached hydrogen (secondary N) is 2. The Labute approximate surface area is 114 Å². The molecule has 1 aromatic carbocycles. The van der Waals surface area contributed by atoms with Crippen molar-refractivity contribution in [3.05, 3.63) is 48.5 Å². The average Bonchev–Trinajstić information content (AvgIpc) is 2.41. The van der Waals surface area contributed by atoms with Crippen LogP contribution in [0.25, 0.3) is 0 Å². The van der Waals surface area contributed by atoms with Crippen LogP contribution in [0.5, 0.6) is 0 Å². The predicted molar refractivity (Wildman–Crippen MR) is 72.5 cm³/mol. The van der Waals surface area contributed by atoms with E-state index < -0.39 is 12.0 Å². The number of rotatable bonds is 4. The predicted octanol–water partition coefficient (Wildman–Crippen LogP) is 1.75. The molecule has 0 radical (unpaired) electrons. The Morgan fingerprint density at radius 3 is 2.50 bits per heavy atom. The number of aromatic nitrogens is 2. The number of carboxylic acid groups (broad SMARTS) is 1. The first kappa shape index (κ1) is 13.5. The molecule has 7 nitrogen and oxygen atoms in total. The van der Waals surface area contributed by atoms with E-state index in [4.69, 9.17) is 5.11 Å². The van der Waals surface area contributed by atoms with Crippen LogP contribution in [0.4, 0.5) is 16.2 Å². The normalized spacial score (nSPS) is 9.80. The van der Waals surface area contributed by atoms with Crippen molar-refractivity contribution in [3.63, 3.8) is 0 Å². The third-order valence-corrected chi connectivity index (χ3v) is 2.43. The highest BCUT2D eigenvalue weighted by molar-refractivity contribution is 6.00. The molecule has 2 amide bonds. The van der Waals surface area contributed by atoms with E-state index in [1.165, 1.54) is 18.7 Å². The van der Waals surface area contributed by atoms with Crippen LogP contribution in [0.1, 0.15) is 5.56 Å². The maximum absolute atomic E-state index is 11.8. The number of carboxylic acids is 1. The number of para-hydroxylation sites is 1. The van der Waals surface area contributed by atoms with E-state index in [1.54, 1.807) is 24.3 Å². The lowest BCUT2D eigenvalue weighted by Gasteiger charge is -2.10. The highest BCUT2D eigenvalue weighted by Gasteiger charge is 2.09. The molecule has 0 aliphatic heterocycles. The van der Waals surface area contributed by atoms with Crippen molar-refractivity contribution < 1.29 is 14.7 Å². The number of urea groups is 1. The molecule has 0 aliphatic carbocycles. The SMILES string of the molecule is O=C(O)Cc1ccccc1NC(=O)Nc1cncnc1. The number of hydrogen-bond acceptors (Lipinski definition) is 4. The van der Waals surface area contributed by atoms with Gasteiger partial charge in [-0.2, -0.15) is 0 Å². The zero-order valence-corrected chi connectivity index (χ0v) is 10.4. The van der Waals surface area contributed by atoms with Gasteiger partial charge in [0, 0.05) is 5.69 Å². The van der Waals surface area contributed by atoms with Crippen molar-refractivity contribution >= 4 is 23.4 Å². The van der Waals surface area contributed by atoms with Gasteiger partial charge in [-0.1, -0.05) is 18.2 Å². The second-order valence-electron chi connectivity index (χ2n) is 3.93. The summed E-state index contributed by atoms with van der Waals surface area (Å²) in [5, 5.41) is 14.0. The Hall–Kier alpha value is -2.96. The van der Waals surface area contributed by atoms with Crippen LogP contribution >= 0.6 is 0 Å². The molecule has 0 fully saturated rings. The van der Waals surface area contributed by atoms with E-state index in [1.807, 2.05) is 0 Å². The number of anilines is 2. The molecule has 2 rings (SSSR count). The van der Waals surface area contributed by atoms with Crippen LogP contribution in [-0.2, 0) is 11.2 Å². The van der Waals surface area contributed by atoms with Gasteiger partial charge in [-0.15, -0.1) is 0 Å². The molecule has 0 unspecified atom stereocenters. The minimum atomic E-state index is -0.962. The summed E-state index contributed by atoms with van der Waals surface area (Å²) < 4.78 is 0. The Morgan fingerprint density at radius 2 is 1.80 bits per heavy atom. The van der Waals surface area contributed by atoms with Crippen molar-refractivity contribution in [2.24, 2.45) is 0 Å². The minimum Gasteiger partial charge on any atom is -0.481 e. The maximum atomic E-state index is 11.8. The fourth-order valence-corrected chi connectivity index (χ4v) is 1.61. The van der Waals surface area contributed by atoms with Crippen molar-refractivity contribution in [3.8, 4) is 0 Å². The van der Waals surface area contributed by atoms with Crippen LogP contribution < -0.4 is 10.6 Å². The molecule has 7 heteroatoms. The van der Waals surface area contributed by atoms with E-state index in [-0.39, 0.29) is 6.42 Å². The van der Waals surface area contributed by atoms with Gasteiger partial charge in [0.15, 0.2) is 0 Å². The van der Waals surface area contributed by atoms with Gasteiger partial charge < -0.3 is 15.7 Å². The van der Waals surface area contributed by atoms with Crippen molar-refractivity contribution in [1.29, 1.82) is 0 Å². The van der Waals surface area contributed by atoms with Gasteiger partial charge in [0.25, 0.3) is 0 Å². The van der Waals surface area contributed by atoms with Crippen molar-refractivity contribution in [2.75, 3.05) is 10.6 Å². The highest BCUT2D eigenvalue weighted by atomic mass is 16.4. The number of carbonyl (C=O) groups excluding carboxylic acids is 1. The third kappa shape index (κ3) is 3.77. The van der Waals surface area contributed by atoms with Gasteiger partial charge in [0.2, 0.25) is 0 Å². The van der Waals surface area contributed by atoms with Crippen LogP contribution in [0.2, 0.25) is 0 Å². The number of hydrogen-bond donors (Lipinski definition) is 3. The van der Waals surface area contributed by atoms with Gasteiger partial charge in [-0.25, -0.2) is 14.8 Å². The average molecular weight is 272 g/mol. The van der Waals surface area contributed by atoms with Gasteiger partial charge >= 0.3 is 12.0 Å². The molecule has 0 saturated heterocycles. The summed E-state index contributed by atoms with van der Waals surface area (Å²) in [5.74, 6) is -0.962. The summed E-state index contributed by atoms with van der Waals surface area (Å²) in [7, 11) is 0. The molecule has 102 valence electrons. The molecule has 20 heavy (non-hydrogen) atoms. The molecule has 1 heterocycles. The second kappa shape index (κ2) is 6.28. The molecule has 3 N–H and O–H groups in total. The van der Waals surface area contributed by atoms with E-state index in [9.17, 15) is 9.59 Å². The van der Waals surface area contributed by atoms with Gasteiger partial charge in [-0.3, -0.25) is 4.79 Å². The summed E-state index contributed by atoms with van der Waals surface area (Å²) in [5.41, 5.74) is 1.42. The molecular weight excluding hydrogens is 260 g/mol. The second-order valence-corrected chi connectivity index (χ2v) is 3.93. The smallest absolute Gasteiger partial charge is 0.323 e. The molecule has 0 bridgehead atoms.